The molecule has 1 amide bonds. The molecule has 1 aliphatic rings. The monoisotopic (exact) mass is 454 g/mol. The van der Waals surface area contributed by atoms with Gasteiger partial charge in [-0.25, -0.2) is 8.78 Å². The molecule has 0 spiro atoms. The quantitative estimate of drug-likeness (QED) is 0.445. The third-order valence-electron chi connectivity index (χ3n) is 4.98. The highest BCUT2D eigenvalue weighted by Crippen LogP contribution is 2.34. The van der Waals surface area contributed by atoms with Gasteiger partial charge in [-0.3, -0.25) is 14.1 Å². The van der Waals surface area contributed by atoms with E-state index in [0.29, 0.717) is 29.7 Å². The summed E-state index contributed by atoms with van der Waals surface area (Å²) in [5.74, 6) is -5.45. The number of hydrogen-bond donors (Lipinski definition) is 0. The first-order valence-corrected chi connectivity index (χ1v) is 9.63. The number of alkyl halides is 1. The molecule has 0 fully saturated rings. The largest absolute Gasteiger partial charge is 0.288 e. The molecule has 12 heteroatoms. The van der Waals surface area contributed by atoms with Gasteiger partial charge in [-0.05, 0) is 42.0 Å². The van der Waals surface area contributed by atoms with E-state index in [4.69, 9.17) is 23.2 Å². The van der Waals surface area contributed by atoms with Crippen molar-refractivity contribution in [2.75, 3.05) is 10.8 Å². The number of carbonyl (C=O) groups excluding carboxylic acids is 1. The van der Waals surface area contributed by atoms with E-state index in [1.54, 1.807) is 0 Å². The van der Waals surface area contributed by atoms with Crippen LogP contribution in [0, 0.1) is 28.8 Å². The van der Waals surface area contributed by atoms with E-state index in [9.17, 15) is 23.2 Å². The van der Waals surface area contributed by atoms with E-state index < -0.39 is 41.6 Å². The minimum Gasteiger partial charge on any atom is -0.288 e. The molecule has 2 aromatic heterocycles. The molecule has 30 heavy (non-hydrogen) atoms. The summed E-state index contributed by atoms with van der Waals surface area (Å²) in [5.41, 5.74) is -0.237. The number of rotatable bonds is 4. The van der Waals surface area contributed by atoms with Gasteiger partial charge in [-0.15, -0.1) is 21.8 Å². The smallest absolute Gasteiger partial charge is 0.243 e. The molecule has 2 heterocycles. The summed E-state index contributed by atoms with van der Waals surface area (Å²) in [6.07, 6.45) is 2.40. The van der Waals surface area contributed by atoms with Gasteiger partial charge in [-0.2, -0.15) is 14.6 Å². The Hall–Kier alpha value is -2.90. The summed E-state index contributed by atoms with van der Waals surface area (Å²) in [6.45, 7) is -0.672. The van der Waals surface area contributed by atoms with Crippen LogP contribution >= 0.6 is 23.2 Å². The van der Waals surface area contributed by atoms with Crippen LogP contribution in [0.15, 0.2) is 6.33 Å². The Labute approximate surface area is 177 Å². The van der Waals surface area contributed by atoms with Gasteiger partial charge >= 0.3 is 0 Å². The van der Waals surface area contributed by atoms with Gasteiger partial charge in [0.2, 0.25) is 22.7 Å². The van der Waals surface area contributed by atoms with Gasteiger partial charge in [0.05, 0.1) is 18.2 Å². The summed E-state index contributed by atoms with van der Waals surface area (Å²) >= 11 is 11.7. The van der Waals surface area contributed by atoms with Crippen LogP contribution < -0.4 is 4.90 Å². The average molecular weight is 455 g/mol. The van der Waals surface area contributed by atoms with Crippen molar-refractivity contribution in [1.29, 1.82) is 5.26 Å². The molecule has 4 rings (SSSR count). The van der Waals surface area contributed by atoms with Crippen LogP contribution in [0.3, 0.4) is 0 Å². The van der Waals surface area contributed by atoms with Crippen LogP contribution in [0.25, 0.3) is 5.65 Å². The third-order valence-corrected chi connectivity index (χ3v) is 5.48. The van der Waals surface area contributed by atoms with Crippen LogP contribution in [0.5, 0.6) is 0 Å². The van der Waals surface area contributed by atoms with Gasteiger partial charge in [0.15, 0.2) is 17.5 Å². The predicted octanol–water partition coefficient (Wildman–Crippen LogP) is 3.33. The van der Waals surface area contributed by atoms with Gasteiger partial charge in [0, 0.05) is 5.56 Å². The first-order chi connectivity index (χ1) is 14.4. The Morgan fingerprint density at radius 3 is 2.67 bits per heavy atom. The molecule has 0 atom stereocenters. The summed E-state index contributed by atoms with van der Waals surface area (Å²) in [5, 5.41) is 16.4. The molecule has 0 saturated carbocycles. The Morgan fingerprint density at radius 1 is 1.23 bits per heavy atom. The molecular weight excluding hydrogens is 444 g/mol. The first-order valence-electron chi connectivity index (χ1n) is 8.71. The second kappa shape index (κ2) is 7.74. The zero-order valence-corrected chi connectivity index (χ0v) is 16.6. The van der Waals surface area contributed by atoms with Gasteiger partial charge in [-0.1, -0.05) is 0 Å². The number of aromatic nitrogens is 4. The summed E-state index contributed by atoms with van der Waals surface area (Å²) < 4.78 is 45.5. The normalized spacial score (nSPS) is 12.8. The SMILES string of the molecule is N#Cc1c(CN(C(=O)CCl)c2nc(Cl)n3cnnc3c2F)c(F)c(F)c2c1CCC2. The van der Waals surface area contributed by atoms with E-state index >= 15 is 0 Å². The lowest BCUT2D eigenvalue weighted by atomic mass is 9.96. The minimum absolute atomic E-state index is 0.0798. The van der Waals surface area contributed by atoms with Crippen LogP contribution in [-0.4, -0.2) is 31.4 Å². The fraction of sp³-hybridized carbons (Fsp3) is 0.278. The van der Waals surface area contributed by atoms with E-state index in [1.165, 1.54) is 0 Å². The summed E-state index contributed by atoms with van der Waals surface area (Å²) in [6, 6.07) is 1.88. The summed E-state index contributed by atoms with van der Waals surface area (Å²) in [4.78, 5) is 17.0. The standard InChI is InChI=1S/C18H11Cl2F3N6O/c19-4-12(30)28(16-15(23)17-27-25-7-29(17)18(20)26-16)6-11-10(5-24)8-2-1-3-9(8)13(21)14(11)22/h7H,1-4,6H2. The number of halogens is 5. The predicted molar refractivity (Wildman–Crippen MR) is 101 cm³/mol. The molecule has 1 aliphatic carbocycles. The van der Waals surface area contributed by atoms with Crippen LogP contribution in [0.1, 0.15) is 28.7 Å². The zero-order valence-electron chi connectivity index (χ0n) is 15.1. The second-order valence-electron chi connectivity index (χ2n) is 6.56. The number of fused-ring (bicyclic) bond motifs is 2. The van der Waals surface area contributed by atoms with Crippen molar-refractivity contribution in [3.05, 3.63) is 51.3 Å². The highest BCUT2D eigenvalue weighted by atomic mass is 35.5. The maximum absolute atomic E-state index is 15.0. The van der Waals surface area contributed by atoms with Crippen molar-refractivity contribution in [2.45, 2.75) is 25.8 Å². The molecule has 3 aromatic rings. The van der Waals surface area contributed by atoms with E-state index in [-0.39, 0.29) is 27.6 Å². The molecule has 0 N–H and O–H groups in total. The highest BCUT2D eigenvalue weighted by Gasteiger charge is 2.31. The Kier molecular flexibility index (Phi) is 5.26. The lowest BCUT2D eigenvalue weighted by Gasteiger charge is -2.23. The molecule has 0 bridgehead atoms. The van der Waals surface area contributed by atoms with Crippen molar-refractivity contribution in [2.24, 2.45) is 0 Å². The van der Waals surface area contributed by atoms with Crippen molar-refractivity contribution >= 4 is 40.6 Å². The van der Waals surface area contributed by atoms with Gasteiger partial charge in [0.25, 0.3) is 0 Å². The molecule has 7 nitrogen and oxygen atoms in total. The Bertz CT molecular complexity index is 1240. The van der Waals surface area contributed by atoms with Crippen LogP contribution in [0.2, 0.25) is 5.28 Å². The lowest BCUT2D eigenvalue weighted by Crippen LogP contribution is -2.34. The maximum atomic E-state index is 15.0. The van der Waals surface area contributed by atoms with Crippen molar-refractivity contribution in [1.82, 2.24) is 19.6 Å². The molecule has 0 aliphatic heterocycles. The topological polar surface area (TPSA) is 87.2 Å². The molecule has 0 radical (unpaired) electrons. The van der Waals surface area contributed by atoms with Crippen molar-refractivity contribution in [3.63, 3.8) is 0 Å². The van der Waals surface area contributed by atoms with E-state index in [0.717, 1.165) is 10.7 Å². The van der Waals surface area contributed by atoms with Crippen molar-refractivity contribution in [3.8, 4) is 6.07 Å². The molecule has 154 valence electrons. The number of carbonyl (C=O) groups is 1. The number of anilines is 1. The fourth-order valence-corrected chi connectivity index (χ4v) is 3.95. The summed E-state index contributed by atoms with van der Waals surface area (Å²) in [7, 11) is 0. The third kappa shape index (κ3) is 3.05. The second-order valence-corrected chi connectivity index (χ2v) is 7.17. The van der Waals surface area contributed by atoms with Crippen LogP contribution in [-0.2, 0) is 24.2 Å². The van der Waals surface area contributed by atoms with E-state index in [1.807, 2.05) is 6.07 Å². The molecular formula is C18H11Cl2F3N6O. The molecule has 1 aromatic carbocycles. The fourth-order valence-electron chi connectivity index (χ4n) is 3.60. The number of nitrogens with zero attached hydrogens (tertiary/aromatic N) is 6. The minimum atomic E-state index is -1.27. The van der Waals surface area contributed by atoms with Crippen LogP contribution in [0.4, 0.5) is 19.0 Å². The number of benzene rings is 1. The van der Waals surface area contributed by atoms with Gasteiger partial charge < -0.3 is 0 Å². The number of hydrogen-bond acceptors (Lipinski definition) is 5. The maximum Gasteiger partial charge on any atom is 0.243 e. The highest BCUT2D eigenvalue weighted by molar-refractivity contribution is 6.30. The van der Waals surface area contributed by atoms with E-state index in [2.05, 4.69) is 15.2 Å². The zero-order chi connectivity index (χ0) is 21.6. The molecule has 0 unspecified atom stereocenters. The lowest BCUT2D eigenvalue weighted by molar-refractivity contribution is -0.116. The number of nitriles is 1. The van der Waals surface area contributed by atoms with Gasteiger partial charge in [0.1, 0.15) is 12.2 Å². The number of amides is 1. The average Bonchev–Trinajstić information content (AvgIpc) is 3.42. The Morgan fingerprint density at radius 2 is 1.97 bits per heavy atom. The Balaban J connectivity index is 1.90. The first kappa shape index (κ1) is 20.4. The van der Waals surface area contributed by atoms with Crippen molar-refractivity contribution < 1.29 is 18.0 Å². The molecule has 0 saturated heterocycles.